The molecular formula is C28H26ClN3O4S. The van der Waals surface area contributed by atoms with Crippen molar-refractivity contribution in [3.05, 3.63) is 86.1 Å². The topological polar surface area (TPSA) is 90.3 Å². The van der Waals surface area contributed by atoms with Crippen LogP contribution in [0.15, 0.2) is 58.7 Å². The van der Waals surface area contributed by atoms with Gasteiger partial charge in [-0.2, -0.15) is 9.78 Å². The molecule has 9 heteroatoms. The molecule has 1 N–H and O–H groups in total. The second kappa shape index (κ2) is 10.1. The lowest BCUT2D eigenvalue weighted by atomic mass is 9.78. The summed E-state index contributed by atoms with van der Waals surface area (Å²) < 4.78 is 6.44. The van der Waals surface area contributed by atoms with Crippen molar-refractivity contribution in [3.8, 4) is 5.69 Å². The van der Waals surface area contributed by atoms with Gasteiger partial charge in [-0.1, -0.05) is 48.7 Å². The molecule has 2 heterocycles. The molecule has 0 atom stereocenters. The summed E-state index contributed by atoms with van der Waals surface area (Å²) in [6, 6.07) is 14.7. The van der Waals surface area contributed by atoms with Crippen LogP contribution in [-0.4, -0.2) is 28.3 Å². The highest BCUT2D eigenvalue weighted by atomic mass is 35.5. The van der Waals surface area contributed by atoms with Crippen molar-refractivity contribution < 1.29 is 14.3 Å². The number of rotatable bonds is 6. The van der Waals surface area contributed by atoms with Gasteiger partial charge in [-0.25, -0.2) is 4.79 Å². The Morgan fingerprint density at radius 1 is 1.16 bits per heavy atom. The Labute approximate surface area is 223 Å². The van der Waals surface area contributed by atoms with Crippen molar-refractivity contribution in [2.24, 2.45) is 0 Å². The number of nitrogens with one attached hydrogen (secondary N) is 1. The van der Waals surface area contributed by atoms with Gasteiger partial charge in [0.25, 0.3) is 5.56 Å². The van der Waals surface area contributed by atoms with Crippen molar-refractivity contribution >= 4 is 50.6 Å². The molecule has 1 aliphatic rings. The van der Waals surface area contributed by atoms with Crippen molar-refractivity contribution in [2.75, 3.05) is 11.9 Å². The molecule has 0 saturated heterocycles. The molecular weight excluding hydrogens is 510 g/mol. The number of amides is 1. The Hall–Kier alpha value is -3.49. The predicted molar refractivity (Wildman–Crippen MR) is 146 cm³/mol. The Kier molecular flexibility index (Phi) is 6.88. The highest BCUT2D eigenvalue weighted by Gasteiger charge is 2.43. The molecule has 2 aromatic carbocycles. The van der Waals surface area contributed by atoms with Gasteiger partial charge in [-0.15, -0.1) is 11.3 Å². The van der Waals surface area contributed by atoms with E-state index in [0.717, 1.165) is 24.0 Å². The average molecular weight is 536 g/mol. The third kappa shape index (κ3) is 4.55. The Bertz CT molecular complexity index is 1550. The minimum atomic E-state index is -0.715. The fourth-order valence-electron chi connectivity index (χ4n) is 5.04. The maximum atomic E-state index is 13.8. The summed E-state index contributed by atoms with van der Waals surface area (Å²) in [5, 5.41) is 10.7. The molecule has 0 unspecified atom stereocenters. The quantitative estimate of drug-likeness (QED) is 0.304. The second-order valence-corrected chi connectivity index (χ2v) is 10.5. The Balaban J connectivity index is 1.64. The maximum Gasteiger partial charge on any atom is 0.359 e. The van der Waals surface area contributed by atoms with Gasteiger partial charge in [-0.05, 0) is 62.1 Å². The zero-order valence-corrected chi connectivity index (χ0v) is 22.1. The lowest BCUT2D eigenvalue weighted by Gasteiger charge is -2.28. The number of carbonyl (C=O) groups is 2. The van der Waals surface area contributed by atoms with Crippen LogP contribution in [-0.2, 0) is 14.9 Å². The molecule has 0 aliphatic heterocycles. The number of thiophene rings is 1. The van der Waals surface area contributed by atoms with E-state index in [0.29, 0.717) is 33.9 Å². The van der Waals surface area contributed by atoms with E-state index in [1.165, 1.54) is 16.0 Å². The Morgan fingerprint density at radius 2 is 1.89 bits per heavy atom. The SMILES string of the molecule is CCOC(=O)c1nn(-c2cccc(C)c2)c(=O)c2c(NC(=O)C3(c4ccc(Cl)cc4)CCCC3)scc12. The summed E-state index contributed by atoms with van der Waals surface area (Å²) >= 11 is 7.30. The van der Waals surface area contributed by atoms with Crippen LogP contribution in [0, 0.1) is 6.92 Å². The standard InChI is InChI=1S/C28H26ClN3O4S/c1-3-36-26(34)23-21-16-37-24(22(21)25(33)32(31-23)20-8-6-7-17(2)15-20)30-27(35)28(13-4-5-14-28)18-9-11-19(29)12-10-18/h6-12,15-16H,3-5,13-14H2,1-2H3,(H,30,35). The first-order chi connectivity index (χ1) is 17.8. The minimum Gasteiger partial charge on any atom is -0.461 e. The number of ether oxygens (including phenoxy) is 1. The second-order valence-electron chi connectivity index (χ2n) is 9.23. The van der Waals surface area contributed by atoms with E-state index in [2.05, 4.69) is 10.4 Å². The number of carbonyl (C=O) groups excluding carboxylic acids is 2. The molecule has 7 nitrogen and oxygen atoms in total. The van der Waals surface area contributed by atoms with Crippen LogP contribution in [0.25, 0.3) is 16.5 Å². The molecule has 0 radical (unpaired) electrons. The average Bonchev–Trinajstić information content (AvgIpc) is 3.54. The van der Waals surface area contributed by atoms with Crippen molar-refractivity contribution in [2.45, 2.75) is 44.9 Å². The summed E-state index contributed by atoms with van der Waals surface area (Å²) in [7, 11) is 0. The van der Waals surface area contributed by atoms with E-state index in [1.807, 2.05) is 37.3 Å². The first-order valence-electron chi connectivity index (χ1n) is 12.2. The number of fused-ring (bicyclic) bond motifs is 1. The van der Waals surface area contributed by atoms with Gasteiger partial charge in [-0.3, -0.25) is 9.59 Å². The van der Waals surface area contributed by atoms with Gasteiger partial charge >= 0.3 is 5.97 Å². The smallest absolute Gasteiger partial charge is 0.359 e. The zero-order valence-electron chi connectivity index (χ0n) is 20.5. The molecule has 37 heavy (non-hydrogen) atoms. The van der Waals surface area contributed by atoms with E-state index in [-0.39, 0.29) is 23.6 Å². The first-order valence-corrected chi connectivity index (χ1v) is 13.5. The highest BCUT2D eigenvalue weighted by Crippen LogP contribution is 2.43. The number of halogens is 1. The summed E-state index contributed by atoms with van der Waals surface area (Å²) in [5.41, 5.74) is 1.26. The number of hydrogen-bond donors (Lipinski definition) is 1. The molecule has 1 saturated carbocycles. The molecule has 2 aromatic heterocycles. The third-order valence-electron chi connectivity index (χ3n) is 6.88. The molecule has 4 aromatic rings. The first kappa shape index (κ1) is 25.2. The van der Waals surface area contributed by atoms with Crippen LogP contribution in [0.4, 0.5) is 5.00 Å². The van der Waals surface area contributed by atoms with Crippen LogP contribution in [0.1, 0.15) is 54.2 Å². The molecule has 190 valence electrons. The van der Waals surface area contributed by atoms with Crippen molar-refractivity contribution in [1.29, 1.82) is 0 Å². The van der Waals surface area contributed by atoms with E-state index in [4.69, 9.17) is 16.3 Å². The van der Waals surface area contributed by atoms with Crippen molar-refractivity contribution in [3.63, 3.8) is 0 Å². The summed E-state index contributed by atoms with van der Waals surface area (Å²) in [6.45, 7) is 3.79. The molecule has 1 aliphatic carbocycles. The van der Waals surface area contributed by atoms with Gasteiger partial charge in [0, 0.05) is 15.8 Å². The third-order valence-corrected chi connectivity index (χ3v) is 8.03. The van der Waals surface area contributed by atoms with E-state index < -0.39 is 16.9 Å². The molecule has 0 bridgehead atoms. The lowest BCUT2D eigenvalue weighted by Crippen LogP contribution is -2.38. The van der Waals surface area contributed by atoms with Crippen LogP contribution in [0.2, 0.25) is 5.02 Å². The van der Waals surface area contributed by atoms with E-state index in [1.54, 1.807) is 30.5 Å². The van der Waals surface area contributed by atoms with Gasteiger partial charge in [0.05, 0.1) is 23.1 Å². The number of aromatic nitrogens is 2. The predicted octanol–water partition coefficient (Wildman–Crippen LogP) is 6.04. The minimum absolute atomic E-state index is 0.0305. The lowest BCUT2D eigenvalue weighted by molar-refractivity contribution is -0.121. The van der Waals surface area contributed by atoms with Crippen LogP contribution in [0.5, 0.6) is 0 Å². The normalized spacial score (nSPS) is 14.6. The molecule has 1 fully saturated rings. The zero-order chi connectivity index (χ0) is 26.2. The maximum absolute atomic E-state index is 13.8. The summed E-state index contributed by atoms with van der Waals surface area (Å²) in [4.78, 5) is 40.4. The number of esters is 1. The van der Waals surface area contributed by atoms with Crippen LogP contribution < -0.4 is 10.9 Å². The molecule has 0 spiro atoms. The van der Waals surface area contributed by atoms with E-state index >= 15 is 0 Å². The summed E-state index contributed by atoms with van der Waals surface area (Å²) in [6.07, 6.45) is 3.26. The highest BCUT2D eigenvalue weighted by molar-refractivity contribution is 7.16. The fourth-order valence-corrected chi connectivity index (χ4v) is 6.10. The van der Waals surface area contributed by atoms with Gasteiger partial charge in [0.1, 0.15) is 5.00 Å². The van der Waals surface area contributed by atoms with Crippen LogP contribution >= 0.6 is 22.9 Å². The van der Waals surface area contributed by atoms with Gasteiger partial charge in [0.2, 0.25) is 5.91 Å². The number of anilines is 1. The van der Waals surface area contributed by atoms with Crippen molar-refractivity contribution in [1.82, 2.24) is 9.78 Å². The number of benzene rings is 2. The number of hydrogen-bond acceptors (Lipinski definition) is 6. The monoisotopic (exact) mass is 535 g/mol. The largest absolute Gasteiger partial charge is 0.461 e. The number of aryl methyl sites for hydroxylation is 1. The molecule has 1 amide bonds. The summed E-state index contributed by atoms with van der Waals surface area (Å²) in [5.74, 6) is -0.801. The van der Waals surface area contributed by atoms with Gasteiger partial charge < -0.3 is 10.1 Å². The molecule has 5 rings (SSSR count). The Morgan fingerprint density at radius 3 is 2.57 bits per heavy atom. The number of nitrogens with zero attached hydrogens (tertiary/aromatic N) is 2. The van der Waals surface area contributed by atoms with Crippen LogP contribution in [0.3, 0.4) is 0 Å². The van der Waals surface area contributed by atoms with Gasteiger partial charge in [0.15, 0.2) is 5.69 Å². The fraction of sp³-hybridized carbons (Fsp3) is 0.286. The van der Waals surface area contributed by atoms with E-state index in [9.17, 15) is 14.4 Å².